The van der Waals surface area contributed by atoms with Crippen molar-refractivity contribution in [1.29, 1.82) is 0 Å². The van der Waals surface area contributed by atoms with Crippen LogP contribution >= 0.6 is 0 Å². The van der Waals surface area contributed by atoms with E-state index in [1.54, 1.807) is 0 Å². The van der Waals surface area contributed by atoms with Crippen LogP contribution in [0.15, 0.2) is 91.0 Å². The Labute approximate surface area is 204 Å². The van der Waals surface area contributed by atoms with Gasteiger partial charge in [0.1, 0.15) is 18.7 Å². The minimum Gasteiger partial charge on any atom is -0.445 e. The molecule has 0 spiro atoms. The third kappa shape index (κ3) is 8.94. The molecule has 0 aromatic heterocycles. The van der Waals surface area contributed by atoms with Crippen LogP contribution in [0, 0.1) is 0 Å². The highest BCUT2D eigenvalue weighted by molar-refractivity contribution is 5.90. The first kappa shape index (κ1) is 25.5. The van der Waals surface area contributed by atoms with Crippen molar-refractivity contribution in [2.75, 3.05) is 0 Å². The van der Waals surface area contributed by atoms with Crippen LogP contribution in [-0.4, -0.2) is 30.0 Å². The standard InChI is InChI=1S/C27H29N3O5/c1-20(25(31)30-35-19-23-15-9-4-10-16-23)28-26(32)24(17-21-11-5-2-6-12-21)29-27(33)34-18-22-13-7-3-8-14-22/h2-16,20,24H,17-19H2,1H3,(H,28,32)(H,29,33)(H,30,31)/t20-,24-/m0/s1. The van der Waals surface area contributed by atoms with Crippen LogP contribution in [0.5, 0.6) is 0 Å². The lowest BCUT2D eigenvalue weighted by Gasteiger charge is -2.21. The van der Waals surface area contributed by atoms with Gasteiger partial charge < -0.3 is 15.4 Å². The lowest BCUT2D eigenvalue weighted by molar-refractivity contribution is -0.139. The number of hydrogen-bond acceptors (Lipinski definition) is 5. The van der Waals surface area contributed by atoms with Crippen LogP contribution < -0.4 is 16.1 Å². The molecule has 2 atom stereocenters. The molecule has 3 aromatic carbocycles. The lowest BCUT2D eigenvalue weighted by atomic mass is 10.1. The van der Waals surface area contributed by atoms with Crippen LogP contribution in [0.3, 0.4) is 0 Å². The summed E-state index contributed by atoms with van der Waals surface area (Å²) < 4.78 is 5.26. The molecule has 35 heavy (non-hydrogen) atoms. The van der Waals surface area contributed by atoms with E-state index in [-0.39, 0.29) is 19.6 Å². The minimum absolute atomic E-state index is 0.0733. The van der Waals surface area contributed by atoms with Crippen LogP contribution in [0.2, 0.25) is 0 Å². The maximum absolute atomic E-state index is 13.0. The average Bonchev–Trinajstić information content (AvgIpc) is 2.89. The molecule has 0 saturated carbocycles. The molecule has 0 radical (unpaired) electrons. The third-order valence-corrected chi connectivity index (χ3v) is 5.11. The van der Waals surface area contributed by atoms with E-state index in [0.29, 0.717) is 0 Å². The molecule has 0 unspecified atom stereocenters. The number of hydroxylamine groups is 1. The summed E-state index contributed by atoms with van der Waals surface area (Å²) in [6, 6.07) is 26.0. The van der Waals surface area contributed by atoms with Crippen molar-refractivity contribution in [2.45, 2.75) is 38.6 Å². The number of ether oxygens (including phenoxy) is 1. The van der Waals surface area contributed by atoms with E-state index >= 15 is 0 Å². The molecule has 0 aliphatic heterocycles. The third-order valence-electron chi connectivity index (χ3n) is 5.11. The van der Waals surface area contributed by atoms with Gasteiger partial charge in [0.25, 0.3) is 5.91 Å². The second kappa shape index (κ2) is 13.5. The van der Waals surface area contributed by atoms with E-state index in [0.717, 1.165) is 16.7 Å². The Morgan fingerprint density at radius 3 is 1.77 bits per heavy atom. The summed E-state index contributed by atoms with van der Waals surface area (Å²) in [4.78, 5) is 43.0. The van der Waals surface area contributed by atoms with Crippen LogP contribution in [0.25, 0.3) is 0 Å². The number of hydrogen-bond donors (Lipinski definition) is 3. The highest BCUT2D eigenvalue weighted by Gasteiger charge is 2.25. The summed E-state index contributed by atoms with van der Waals surface area (Å²) in [5.41, 5.74) is 4.91. The lowest BCUT2D eigenvalue weighted by Crippen LogP contribution is -2.53. The molecular weight excluding hydrogens is 446 g/mol. The zero-order valence-corrected chi connectivity index (χ0v) is 19.5. The Balaban J connectivity index is 1.54. The topological polar surface area (TPSA) is 106 Å². The number of carbonyl (C=O) groups is 3. The van der Waals surface area contributed by atoms with Gasteiger partial charge in [-0.25, -0.2) is 10.3 Å². The molecular formula is C27H29N3O5. The van der Waals surface area contributed by atoms with Gasteiger partial charge in [-0.2, -0.15) is 0 Å². The predicted octanol–water partition coefficient (Wildman–Crippen LogP) is 3.28. The van der Waals surface area contributed by atoms with E-state index in [9.17, 15) is 14.4 Å². The molecule has 0 saturated heterocycles. The summed E-state index contributed by atoms with van der Waals surface area (Å²) in [6.45, 7) is 1.80. The van der Waals surface area contributed by atoms with E-state index in [1.807, 2.05) is 91.0 Å². The first-order chi connectivity index (χ1) is 17.0. The zero-order chi connectivity index (χ0) is 24.9. The summed E-state index contributed by atoms with van der Waals surface area (Å²) in [7, 11) is 0. The highest BCUT2D eigenvalue weighted by atomic mass is 16.6. The molecule has 3 N–H and O–H groups in total. The van der Waals surface area contributed by atoms with Gasteiger partial charge in [-0.3, -0.25) is 14.4 Å². The molecule has 0 bridgehead atoms. The fraction of sp³-hybridized carbons (Fsp3) is 0.222. The summed E-state index contributed by atoms with van der Waals surface area (Å²) in [6.07, 6.45) is -0.500. The van der Waals surface area contributed by atoms with E-state index in [1.165, 1.54) is 6.92 Å². The van der Waals surface area contributed by atoms with Gasteiger partial charge in [-0.1, -0.05) is 91.0 Å². The van der Waals surface area contributed by atoms with Crippen molar-refractivity contribution in [3.05, 3.63) is 108 Å². The second-order valence-electron chi connectivity index (χ2n) is 7.92. The maximum Gasteiger partial charge on any atom is 0.408 e. The van der Waals surface area contributed by atoms with Crippen LogP contribution in [0.4, 0.5) is 4.79 Å². The molecule has 8 nitrogen and oxygen atoms in total. The molecule has 3 aromatic rings. The number of alkyl carbamates (subject to hydrolysis) is 1. The first-order valence-corrected chi connectivity index (χ1v) is 11.3. The summed E-state index contributed by atoms with van der Waals surface area (Å²) in [5.74, 6) is -1.03. The molecule has 0 aliphatic carbocycles. The van der Waals surface area contributed by atoms with Crippen molar-refractivity contribution in [3.8, 4) is 0 Å². The molecule has 0 fully saturated rings. The van der Waals surface area contributed by atoms with Crippen molar-refractivity contribution in [3.63, 3.8) is 0 Å². The summed E-state index contributed by atoms with van der Waals surface area (Å²) >= 11 is 0. The molecule has 3 rings (SSSR count). The van der Waals surface area contributed by atoms with E-state index in [4.69, 9.17) is 9.57 Å². The Bertz CT molecular complexity index is 1080. The molecule has 0 heterocycles. The van der Waals surface area contributed by atoms with Gasteiger partial charge >= 0.3 is 6.09 Å². The van der Waals surface area contributed by atoms with Crippen molar-refractivity contribution >= 4 is 17.9 Å². The van der Waals surface area contributed by atoms with Crippen molar-refractivity contribution < 1.29 is 24.0 Å². The normalized spacial score (nSPS) is 12.1. The monoisotopic (exact) mass is 475 g/mol. The van der Waals surface area contributed by atoms with Crippen LogP contribution in [-0.2, 0) is 38.8 Å². The Morgan fingerprint density at radius 1 is 0.686 bits per heavy atom. The maximum atomic E-state index is 13.0. The second-order valence-corrected chi connectivity index (χ2v) is 7.92. The number of rotatable bonds is 11. The van der Waals surface area contributed by atoms with Gasteiger partial charge in [0.05, 0.1) is 6.61 Å². The summed E-state index contributed by atoms with van der Waals surface area (Å²) in [5, 5.41) is 5.23. The van der Waals surface area contributed by atoms with Gasteiger partial charge in [-0.05, 0) is 23.6 Å². The van der Waals surface area contributed by atoms with Gasteiger partial charge in [-0.15, -0.1) is 0 Å². The van der Waals surface area contributed by atoms with Crippen molar-refractivity contribution in [1.82, 2.24) is 16.1 Å². The van der Waals surface area contributed by atoms with Crippen LogP contribution in [0.1, 0.15) is 23.6 Å². The van der Waals surface area contributed by atoms with Gasteiger partial charge in [0.15, 0.2) is 0 Å². The predicted molar refractivity (Wildman–Crippen MR) is 131 cm³/mol. The molecule has 182 valence electrons. The quantitative estimate of drug-likeness (QED) is 0.369. The number of carbonyl (C=O) groups excluding carboxylic acids is 3. The number of amides is 3. The van der Waals surface area contributed by atoms with E-state index in [2.05, 4.69) is 16.1 Å². The highest BCUT2D eigenvalue weighted by Crippen LogP contribution is 2.06. The SMILES string of the molecule is C[C@H](NC(=O)[C@H](Cc1ccccc1)NC(=O)OCc1ccccc1)C(=O)NOCc1ccccc1. The van der Waals surface area contributed by atoms with Gasteiger partial charge in [0, 0.05) is 6.42 Å². The number of benzene rings is 3. The smallest absolute Gasteiger partial charge is 0.408 e. The molecule has 0 aliphatic rings. The minimum atomic E-state index is -0.943. The average molecular weight is 476 g/mol. The van der Waals surface area contributed by atoms with Gasteiger partial charge in [0.2, 0.25) is 5.91 Å². The Kier molecular flexibility index (Phi) is 9.83. The Morgan fingerprint density at radius 2 is 1.20 bits per heavy atom. The number of nitrogens with one attached hydrogen (secondary N) is 3. The fourth-order valence-electron chi connectivity index (χ4n) is 3.20. The van der Waals surface area contributed by atoms with E-state index < -0.39 is 30.0 Å². The fourth-order valence-corrected chi connectivity index (χ4v) is 3.20. The largest absolute Gasteiger partial charge is 0.445 e. The first-order valence-electron chi connectivity index (χ1n) is 11.3. The molecule has 8 heteroatoms. The molecule has 3 amide bonds. The Hall–Kier alpha value is -4.17. The van der Waals surface area contributed by atoms with Crippen molar-refractivity contribution in [2.24, 2.45) is 0 Å². The zero-order valence-electron chi connectivity index (χ0n) is 19.5.